The monoisotopic (exact) mass is 525 g/mol. The van der Waals surface area contributed by atoms with Gasteiger partial charge < -0.3 is 25.0 Å². The maximum atomic E-state index is 13.1. The predicted octanol–water partition coefficient (Wildman–Crippen LogP) is 3.67. The molecule has 3 aliphatic heterocycles. The van der Waals surface area contributed by atoms with Crippen LogP contribution in [0.1, 0.15) is 51.5 Å². The van der Waals surface area contributed by atoms with Crippen molar-refractivity contribution in [2.45, 2.75) is 38.3 Å². The lowest BCUT2D eigenvalue weighted by atomic mass is 9.90. The molecule has 0 bridgehead atoms. The van der Waals surface area contributed by atoms with Crippen molar-refractivity contribution in [1.29, 1.82) is 0 Å². The predicted molar refractivity (Wildman–Crippen MR) is 146 cm³/mol. The number of ether oxygens (including phenoxy) is 2. The van der Waals surface area contributed by atoms with Crippen molar-refractivity contribution in [2.24, 2.45) is 0 Å². The summed E-state index contributed by atoms with van der Waals surface area (Å²) in [7, 11) is 4.11. The van der Waals surface area contributed by atoms with Gasteiger partial charge in [-0.2, -0.15) is 0 Å². The molecule has 3 aromatic heterocycles. The molecule has 0 radical (unpaired) electrons. The van der Waals surface area contributed by atoms with Crippen LogP contribution in [0.5, 0.6) is 5.88 Å². The lowest BCUT2D eigenvalue weighted by molar-refractivity contribution is 0.0849. The van der Waals surface area contributed by atoms with E-state index in [2.05, 4.69) is 45.9 Å². The van der Waals surface area contributed by atoms with Crippen LogP contribution in [0, 0.1) is 0 Å². The van der Waals surface area contributed by atoms with Gasteiger partial charge in [0.15, 0.2) is 11.5 Å². The van der Waals surface area contributed by atoms with Crippen LogP contribution >= 0.6 is 0 Å². The molecule has 0 unspecified atom stereocenters. The zero-order chi connectivity index (χ0) is 26.5. The largest absolute Gasteiger partial charge is 0.478 e. The summed E-state index contributed by atoms with van der Waals surface area (Å²) in [6.45, 7) is 3.38. The molecule has 0 spiro atoms. The molecule has 1 fully saturated rings. The lowest BCUT2D eigenvalue weighted by Crippen LogP contribution is -2.19. The Morgan fingerprint density at radius 2 is 1.95 bits per heavy atom. The van der Waals surface area contributed by atoms with E-state index in [4.69, 9.17) is 14.5 Å². The summed E-state index contributed by atoms with van der Waals surface area (Å²) in [5.74, 6) is 2.51. The van der Waals surface area contributed by atoms with Crippen molar-refractivity contribution in [3.05, 3.63) is 64.3 Å². The van der Waals surface area contributed by atoms with Gasteiger partial charge in [0.1, 0.15) is 5.82 Å². The van der Waals surface area contributed by atoms with Crippen molar-refractivity contribution in [3.63, 3.8) is 0 Å². The summed E-state index contributed by atoms with van der Waals surface area (Å²) in [5, 5.41) is 15.3. The number of hydrogen-bond donors (Lipinski definition) is 2. The molecule has 200 valence electrons. The van der Waals surface area contributed by atoms with E-state index < -0.39 is 0 Å². The van der Waals surface area contributed by atoms with Gasteiger partial charge in [0, 0.05) is 43.9 Å². The molecule has 39 heavy (non-hydrogen) atoms. The van der Waals surface area contributed by atoms with E-state index in [0.29, 0.717) is 30.5 Å². The van der Waals surface area contributed by atoms with Crippen LogP contribution in [0.4, 0.5) is 11.5 Å². The van der Waals surface area contributed by atoms with E-state index in [1.165, 1.54) is 5.56 Å². The van der Waals surface area contributed by atoms with E-state index in [9.17, 15) is 4.79 Å². The normalized spacial score (nSPS) is 16.8. The number of carbonyl (C=O) groups is 1. The van der Waals surface area contributed by atoms with Gasteiger partial charge in [-0.05, 0) is 74.3 Å². The van der Waals surface area contributed by atoms with Gasteiger partial charge in [0.2, 0.25) is 5.88 Å². The second kappa shape index (κ2) is 9.62. The number of fused-ring (bicyclic) bond motifs is 4. The molecule has 0 saturated carbocycles. The molecule has 7 rings (SSSR count). The van der Waals surface area contributed by atoms with Crippen LogP contribution in [-0.4, -0.2) is 64.3 Å². The maximum Gasteiger partial charge on any atom is 0.254 e. The Labute approximate surface area is 226 Å². The molecule has 10 nitrogen and oxygen atoms in total. The van der Waals surface area contributed by atoms with E-state index in [1.54, 1.807) is 0 Å². The Morgan fingerprint density at radius 1 is 1.08 bits per heavy atom. The van der Waals surface area contributed by atoms with Crippen molar-refractivity contribution < 1.29 is 14.3 Å². The number of carbonyl (C=O) groups excluding carboxylic acids is 1. The van der Waals surface area contributed by atoms with Gasteiger partial charge in [-0.3, -0.25) is 4.79 Å². The molecule has 4 aromatic rings. The van der Waals surface area contributed by atoms with Gasteiger partial charge in [-0.1, -0.05) is 6.07 Å². The Balaban J connectivity index is 1.27. The summed E-state index contributed by atoms with van der Waals surface area (Å²) < 4.78 is 13.5. The maximum absolute atomic E-state index is 13.1. The van der Waals surface area contributed by atoms with Gasteiger partial charge in [0.25, 0.3) is 5.91 Å². The molecular weight excluding hydrogens is 494 g/mol. The number of hydrogen-bond acceptors (Lipinski definition) is 8. The zero-order valence-corrected chi connectivity index (χ0v) is 22.2. The summed E-state index contributed by atoms with van der Waals surface area (Å²) in [6, 6.07) is 12.1. The Morgan fingerprint density at radius 3 is 2.79 bits per heavy atom. The van der Waals surface area contributed by atoms with Gasteiger partial charge in [0.05, 0.1) is 23.6 Å². The van der Waals surface area contributed by atoms with Crippen LogP contribution < -0.4 is 15.4 Å². The average Bonchev–Trinajstić information content (AvgIpc) is 3.68. The highest BCUT2D eigenvalue weighted by molar-refractivity contribution is 6.06. The van der Waals surface area contributed by atoms with E-state index in [1.807, 2.05) is 34.7 Å². The highest BCUT2D eigenvalue weighted by Gasteiger charge is 2.29. The number of nitrogens with one attached hydrogen (secondary N) is 2. The highest BCUT2D eigenvalue weighted by Crippen LogP contribution is 2.37. The number of nitrogens with zero attached hydrogens (tertiary/aromatic N) is 5. The Hall–Kier alpha value is -4.02. The van der Waals surface area contributed by atoms with Crippen LogP contribution in [0.2, 0.25) is 0 Å². The fraction of sp³-hybridized carbons (Fsp3) is 0.379. The van der Waals surface area contributed by atoms with E-state index in [-0.39, 0.29) is 5.91 Å². The van der Waals surface area contributed by atoms with Gasteiger partial charge in [-0.25, -0.2) is 9.38 Å². The van der Waals surface area contributed by atoms with Crippen molar-refractivity contribution in [3.8, 4) is 17.3 Å². The molecule has 1 amide bonds. The van der Waals surface area contributed by atoms with Crippen molar-refractivity contribution >= 4 is 23.1 Å². The first-order chi connectivity index (χ1) is 19.1. The first-order valence-corrected chi connectivity index (χ1v) is 13.5. The number of amides is 1. The number of pyridine rings is 2. The van der Waals surface area contributed by atoms with Crippen LogP contribution in [0.3, 0.4) is 0 Å². The van der Waals surface area contributed by atoms with E-state index in [0.717, 1.165) is 84.4 Å². The van der Waals surface area contributed by atoms with E-state index >= 15 is 0 Å². The zero-order valence-electron chi connectivity index (χ0n) is 22.2. The van der Waals surface area contributed by atoms with Crippen molar-refractivity contribution in [1.82, 2.24) is 29.8 Å². The lowest BCUT2D eigenvalue weighted by Gasteiger charge is -2.25. The van der Waals surface area contributed by atoms with Crippen LogP contribution in [0.15, 0.2) is 36.4 Å². The fourth-order valence-corrected chi connectivity index (χ4v) is 5.96. The summed E-state index contributed by atoms with van der Waals surface area (Å²) in [5.41, 5.74) is 7.28. The summed E-state index contributed by atoms with van der Waals surface area (Å²) >= 11 is 0. The molecular formula is C29H31N7O3. The van der Waals surface area contributed by atoms with Crippen LogP contribution in [-0.2, 0) is 24.2 Å². The minimum absolute atomic E-state index is 0.114. The van der Waals surface area contributed by atoms with Gasteiger partial charge >= 0.3 is 0 Å². The number of aromatic nitrogens is 4. The molecule has 3 aliphatic rings. The second-order valence-electron chi connectivity index (χ2n) is 10.7. The quantitative estimate of drug-likeness (QED) is 0.393. The fourth-order valence-electron chi connectivity index (χ4n) is 5.96. The third-order valence-electron chi connectivity index (χ3n) is 7.82. The SMILES string of the molecule is CN(C)Cc1nc(Nc2ccc(-c3nnc4ccc5c(n34)OCC5)c3c2C(=O)NC3)ccc1C1CCOCC1. The molecule has 2 N–H and O–H groups in total. The molecule has 0 atom stereocenters. The summed E-state index contributed by atoms with van der Waals surface area (Å²) in [6.07, 6.45) is 2.88. The Bertz CT molecular complexity index is 1590. The van der Waals surface area contributed by atoms with Gasteiger partial charge in [-0.15, -0.1) is 10.2 Å². The topological polar surface area (TPSA) is 106 Å². The van der Waals surface area contributed by atoms with Crippen LogP contribution in [0.25, 0.3) is 17.0 Å². The standard InChI is InChI=1S/C29H31N7O3/c1-35(2)16-23-19(17-9-12-38-13-10-17)5-7-24(32-23)31-22-6-4-20(21-15-30-28(37)26(21)22)27-34-33-25-8-3-18-11-14-39-29(18)36(25)27/h3-8,17H,9-16H2,1-2H3,(H,30,37)(H,31,32). The van der Waals surface area contributed by atoms with Crippen molar-refractivity contribution in [2.75, 3.05) is 39.2 Å². The molecule has 1 aromatic carbocycles. The average molecular weight is 526 g/mol. The highest BCUT2D eigenvalue weighted by atomic mass is 16.5. The Kier molecular flexibility index (Phi) is 5.93. The first-order valence-electron chi connectivity index (χ1n) is 13.5. The minimum atomic E-state index is -0.114. The number of benzene rings is 1. The summed E-state index contributed by atoms with van der Waals surface area (Å²) in [4.78, 5) is 20.2. The third-order valence-corrected chi connectivity index (χ3v) is 7.82. The molecule has 6 heterocycles. The second-order valence-corrected chi connectivity index (χ2v) is 10.7. The molecule has 1 saturated heterocycles. The first kappa shape index (κ1) is 24.1. The third kappa shape index (κ3) is 4.20. The number of anilines is 2. The molecule has 0 aliphatic carbocycles. The molecule has 10 heteroatoms. The minimum Gasteiger partial charge on any atom is -0.478 e. The smallest absolute Gasteiger partial charge is 0.254 e. The number of rotatable bonds is 6.